The van der Waals surface area contributed by atoms with E-state index in [0.717, 1.165) is 19.5 Å². The van der Waals surface area contributed by atoms with Crippen molar-refractivity contribution in [2.75, 3.05) is 13.1 Å². The molecule has 0 bridgehead atoms. The first-order chi connectivity index (χ1) is 4.70. The summed E-state index contributed by atoms with van der Waals surface area (Å²) in [6, 6.07) is 0. The van der Waals surface area contributed by atoms with Crippen LogP contribution in [0.4, 0.5) is 0 Å². The molecule has 0 aromatic rings. The second-order valence-electron chi connectivity index (χ2n) is 3.55. The van der Waals surface area contributed by atoms with Crippen LogP contribution in [-0.4, -0.2) is 24.3 Å². The van der Waals surface area contributed by atoms with Crippen LogP contribution in [0.5, 0.6) is 0 Å². The van der Waals surface area contributed by atoms with Gasteiger partial charge in [-0.05, 0) is 24.8 Å². The Labute approximate surface area is 62.6 Å². The molecule has 0 aliphatic carbocycles. The van der Waals surface area contributed by atoms with Gasteiger partial charge < -0.3 is 10.4 Å². The third kappa shape index (κ3) is 1.96. The van der Waals surface area contributed by atoms with Crippen molar-refractivity contribution < 1.29 is 5.11 Å². The minimum absolute atomic E-state index is 0.110. The molecule has 2 heteroatoms. The van der Waals surface area contributed by atoms with E-state index < -0.39 is 0 Å². The summed E-state index contributed by atoms with van der Waals surface area (Å²) in [4.78, 5) is 0. The van der Waals surface area contributed by atoms with Crippen molar-refractivity contribution in [3.63, 3.8) is 0 Å². The lowest BCUT2D eigenvalue weighted by Crippen LogP contribution is -2.41. The van der Waals surface area contributed by atoms with Gasteiger partial charge in [0.15, 0.2) is 0 Å². The Morgan fingerprint density at radius 2 is 2.10 bits per heavy atom. The van der Waals surface area contributed by atoms with Gasteiger partial charge in [-0.1, -0.05) is 13.8 Å². The fraction of sp³-hybridized carbons (Fsp3) is 1.00. The quantitative estimate of drug-likeness (QED) is 0.564. The van der Waals surface area contributed by atoms with Crippen molar-refractivity contribution in [2.24, 2.45) is 11.8 Å². The summed E-state index contributed by atoms with van der Waals surface area (Å²) in [6.07, 6.45) is 0.867. The van der Waals surface area contributed by atoms with Crippen LogP contribution in [0.1, 0.15) is 20.3 Å². The summed E-state index contributed by atoms with van der Waals surface area (Å²) in [5.41, 5.74) is 0. The smallest absolute Gasteiger partial charge is 0.0667 e. The average molecular weight is 143 g/mol. The molecule has 0 amide bonds. The Bertz CT molecular complexity index is 103. The number of rotatable bonds is 1. The molecule has 1 rings (SSSR count). The molecule has 10 heavy (non-hydrogen) atoms. The molecule has 1 saturated heterocycles. The number of aliphatic hydroxyl groups excluding tert-OH is 1. The van der Waals surface area contributed by atoms with Crippen LogP contribution in [-0.2, 0) is 0 Å². The minimum Gasteiger partial charge on any atom is -0.392 e. The van der Waals surface area contributed by atoms with E-state index in [0.29, 0.717) is 11.8 Å². The largest absolute Gasteiger partial charge is 0.392 e. The van der Waals surface area contributed by atoms with Crippen LogP contribution in [0.15, 0.2) is 0 Å². The van der Waals surface area contributed by atoms with Crippen molar-refractivity contribution in [2.45, 2.75) is 26.4 Å². The number of piperidine rings is 1. The normalized spacial score (nSPS) is 34.8. The molecule has 2 nitrogen and oxygen atoms in total. The fourth-order valence-electron chi connectivity index (χ4n) is 1.46. The molecule has 1 fully saturated rings. The third-order valence-corrected chi connectivity index (χ3v) is 2.30. The Balaban J connectivity index is 2.32. The number of β-amino-alcohol motifs (C(OH)–C–C–N with tert-alkyl or cyclic N) is 1. The zero-order valence-electron chi connectivity index (χ0n) is 6.80. The maximum atomic E-state index is 9.27. The Morgan fingerprint density at radius 1 is 1.40 bits per heavy atom. The number of hydrogen-bond acceptors (Lipinski definition) is 2. The van der Waals surface area contributed by atoms with Crippen LogP contribution in [0, 0.1) is 11.8 Å². The zero-order chi connectivity index (χ0) is 7.56. The number of aliphatic hydroxyl groups is 1. The average Bonchev–Trinajstić information content (AvgIpc) is 1.88. The summed E-state index contributed by atoms with van der Waals surface area (Å²) in [7, 11) is 0. The molecule has 0 saturated carbocycles. The van der Waals surface area contributed by atoms with Crippen LogP contribution in [0.2, 0.25) is 0 Å². The second kappa shape index (κ2) is 3.35. The summed E-state index contributed by atoms with van der Waals surface area (Å²) in [5, 5.41) is 12.5. The molecular weight excluding hydrogens is 126 g/mol. The monoisotopic (exact) mass is 143 g/mol. The standard InChI is InChI=1S/C8H17NO/c1-6(2)7-3-8(10)5-9-4-7/h6-10H,3-5H2,1-2H3/t7-,8+/m1/s1. The molecule has 1 heterocycles. The van der Waals surface area contributed by atoms with Crippen molar-refractivity contribution >= 4 is 0 Å². The summed E-state index contributed by atoms with van der Waals surface area (Å²) in [5.74, 6) is 1.37. The van der Waals surface area contributed by atoms with Gasteiger partial charge in [-0.25, -0.2) is 0 Å². The predicted octanol–water partition coefficient (Wildman–Crippen LogP) is 0.613. The molecule has 2 atom stereocenters. The molecule has 2 N–H and O–H groups in total. The van der Waals surface area contributed by atoms with E-state index in [1.165, 1.54) is 0 Å². The molecule has 1 aliphatic heterocycles. The van der Waals surface area contributed by atoms with Crippen LogP contribution in [0.25, 0.3) is 0 Å². The molecule has 0 spiro atoms. The van der Waals surface area contributed by atoms with Gasteiger partial charge >= 0.3 is 0 Å². The first-order valence-corrected chi connectivity index (χ1v) is 4.09. The van der Waals surface area contributed by atoms with Crippen LogP contribution >= 0.6 is 0 Å². The van der Waals surface area contributed by atoms with Gasteiger partial charge in [-0.3, -0.25) is 0 Å². The maximum absolute atomic E-state index is 9.27. The predicted molar refractivity (Wildman–Crippen MR) is 41.8 cm³/mol. The van der Waals surface area contributed by atoms with Gasteiger partial charge in [0, 0.05) is 6.54 Å². The van der Waals surface area contributed by atoms with Crippen molar-refractivity contribution in [1.82, 2.24) is 5.32 Å². The van der Waals surface area contributed by atoms with Crippen molar-refractivity contribution in [3.05, 3.63) is 0 Å². The Kier molecular flexibility index (Phi) is 2.69. The molecule has 0 aromatic heterocycles. The molecule has 0 aromatic carbocycles. The maximum Gasteiger partial charge on any atom is 0.0667 e. The molecule has 0 radical (unpaired) electrons. The first kappa shape index (κ1) is 8.02. The Hall–Kier alpha value is -0.0800. The zero-order valence-corrected chi connectivity index (χ0v) is 6.80. The number of hydrogen-bond donors (Lipinski definition) is 2. The third-order valence-electron chi connectivity index (χ3n) is 2.30. The minimum atomic E-state index is -0.110. The molecule has 60 valence electrons. The van der Waals surface area contributed by atoms with E-state index in [2.05, 4.69) is 19.2 Å². The second-order valence-corrected chi connectivity index (χ2v) is 3.55. The van der Waals surface area contributed by atoms with Crippen LogP contribution < -0.4 is 5.32 Å². The highest BCUT2D eigenvalue weighted by molar-refractivity contribution is 4.76. The van der Waals surface area contributed by atoms with Gasteiger partial charge in [-0.15, -0.1) is 0 Å². The first-order valence-electron chi connectivity index (χ1n) is 4.09. The van der Waals surface area contributed by atoms with Gasteiger partial charge in [0.05, 0.1) is 6.10 Å². The van der Waals surface area contributed by atoms with Gasteiger partial charge in [0.2, 0.25) is 0 Å². The van der Waals surface area contributed by atoms with E-state index in [-0.39, 0.29) is 6.10 Å². The van der Waals surface area contributed by atoms with Crippen molar-refractivity contribution in [3.8, 4) is 0 Å². The van der Waals surface area contributed by atoms with E-state index in [1.807, 2.05) is 0 Å². The SMILES string of the molecule is CC(C)[C@H]1CNC[C@@H](O)C1. The van der Waals surface area contributed by atoms with Gasteiger partial charge in [-0.2, -0.15) is 0 Å². The lowest BCUT2D eigenvalue weighted by molar-refractivity contribution is 0.0990. The van der Waals surface area contributed by atoms with E-state index in [1.54, 1.807) is 0 Å². The highest BCUT2D eigenvalue weighted by atomic mass is 16.3. The summed E-state index contributed by atoms with van der Waals surface area (Å²) >= 11 is 0. The molecule has 0 unspecified atom stereocenters. The lowest BCUT2D eigenvalue weighted by atomic mass is 9.88. The fourth-order valence-corrected chi connectivity index (χ4v) is 1.46. The highest BCUT2D eigenvalue weighted by Crippen LogP contribution is 2.18. The van der Waals surface area contributed by atoms with E-state index >= 15 is 0 Å². The summed E-state index contributed by atoms with van der Waals surface area (Å²) < 4.78 is 0. The van der Waals surface area contributed by atoms with Crippen LogP contribution in [0.3, 0.4) is 0 Å². The van der Waals surface area contributed by atoms with Crippen molar-refractivity contribution in [1.29, 1.82) is 0 Å². The highest BCUT2D eigenvalue weighted by Gasteiger charge is 2.21. The molecular formula is C8H17NO. The summed E-state index contributed by atoms with van der Waals surface area (Å²) in [6.45, 7) is 6.28. The van der Waals surface area contributed by atoms with Gasteiger partial charge in [0.25, 0.3) is 0 Å². The lowest BCUT2D eigenvalue weighted by Gasteiger charge is -2.29. The Morgan fingerprint density at radius 3 is 2.50 bits per heavy atom. The van der Waals surface area contributed by atoms with E-state index in [4.69, 9.17) is 0 Å². The van der Waals surface area contributed by atoms with Gasteiger partial charge in [0.1, 0.15) is 0 Å². The number of nitrogens with one attached hydrogen (secondary N) is 1. The topological polar surface area (TPSA) is 32.3 Å². The molecule has 1 aliphatic rings. The van der Waals surface area contributed by atoms with E-state index in [9.17, 15) is 5.11 Å².